The van der Waals surface area contributed by atoms with Crippen molar-refractivity contribution in [3.05, 3.63) is 188 Å². The average molecular weight is 778 g/mol. The molecule has 0 radical (unpaired) electrons. The molecule has 0 saturated heterocycles. The molecule has 52 heavy (non-hydrogen) atoms. The maximum absolute atomic E-state index is 13.0. The summed E-state index contributed by atoms with van der Waals surface area (Å²) in [5, 5.41) is 37.8. The Kier molecular flexibility index (Phi) is 18.8. The molecule has 0 unspecified atom stereocenters. The quantitative estimate of drug-likeness (QED) is 0.0682. The number of rotatable bonds is 5. The summed E-state index contributed by atoms with van der Waals surface area (Å²) in [6.45, 7) is 0. The number of hydrogen-bond donors (Lipinski definition) is 3. The van der Waals surface area contributed by atoms with Gasteiger partial charge in [0, 0.05) is 34.4 Å². The van der Waals surface area contributed by atoms with Crippen LogP contribution >= 0.6 is 15.9 Å². The van der Waals surface area contributed by atoms with Gasteiger partial charge in [0.15, 0.2) is 0 Å². The van der Waals surface area contributed by atoms with Gasteiger partial charge in [-0.25, -0.2) is 13.2 Å². The van der Waals surface area contributed by atoms with E-state index in [-0.39, 0.29) is 43.3 Å². The van der Waals surface area contributed by atoms with Crippen molar-refractivity contribution in [2.75, 3.05) is 5.73 Å². The number of non-ortho nitro benzene ring substituents is 2. The van der Waals surface area contributed by atoms with Crippen LogP contribution in [-0.4, -0.2) is 27.0 Å². The summed E-state index contributed by atoms with van der Waals surface area (Å²) in [6, 6.07) is 37.4. The zero-order chi connectivity index (χ0) is 36.6. The molecule has 0 aromatic heterocycles. The first-order valence-electron chi connectivity index (χ1n) is 14.5. The van der Waals surface area contributed by atoms with Crippen molar-refractivity contribution in [2.45, 2.75) is 14.9 Å². The summed E-state index contributed by atoms with van der Waals surface area (Å²) in [5.41, 5.74) is 9.64. The Labute approximate surface area is 308 Å². The van der Waals surface area contributed by atoms with Crippen LogP contribution in [0.5, 0.6) is 0 Å². The largest absolute Gasteiger partial charge is 0.488 e. The minimum absolute atomic E-state index is 0. The topological polar surface area (TPSA) is 153 Å². The molecule has 0 spiro atoms. The number of nitrogens with zero attached hydrogens (tertiary/aromatic N) is 2. The van der Waals surface area contributed by atoms with Crippen LogP contribution in [0.1, 0.15) is 14.9 Å². The van der Waals surface area contributed by atoms with Gasteiger partial charge in [-0.05, 0) is 82.3 Å². The van der Waals surface area contributed by atoms with E-state index in [1.54, 1.807) is 42.5 Å². The highest BCUT2D eigenvalue weighted by molar-refractivity contribution is 9.10. The minimum atomic E-state index is -1.59. The SMILES string of the molecule is C.C.Nc1cccc(-c2cccc(F)c2)c1.O=[N+]([O-])c1cccc(-c2cccc(F)c2)c1.O=[N+]([O-])c1cccc(Br)c1.OB(O)c1cccc(F)c1. The number of nitro groups is 2. The number of benzene rings is 6. The van der Waals surface area contributed by atoms with Gasteiger partial charge in [-0.1, -0.05) is 97.5 Å². The van der Waals surface area contributed by atoms with Crippen LogP contribution < -0.4 is 11.2 Å². The van der Waals surface area contributed by atoms with Gasteiger partial charge >= 0.3 is 7.12 Å². The molecule has 0 amide bonds. The summed E-state index contributed by atoms with van der Waals surface area (Å²) in [6.07, 6.45) is 0. The number of anilines is 1. The van der Waals surface area contributed by atoms with Gasteiger partial charge in [-0.2, -0.15) is 0 Å². The van der Waals surface area contributed by atoms with Crippen LogP contribution in [-0.2, 0) is 0 Å². The van der Waals surface area contributed by atoms with Gasteiger partial charge in [0.1, 0.15) is 17.5 Å². The number of nitrogens with two attached hydrogens (primary N) is 1. The third-order valence-electron chi connectivity index (χ3n) is 6.43. The van der Waals surface area contributed by atoms with Gasteiger partial charge in [0.05, 0.1) is 9.85 Å². The Bertz CT molecular complexity index is 2010. The molecule has 6 aromatic carbocycles. The average Bonchev–Trinajstić information content (AvgIpc) is 3.09. The first-order valence-corrected chi connectivity index (χ1v) is 15.2. The second kappa shape index (κ2) is 22.1. The summed E-state index contributed by atoms with van der Waals surface area (Å²) >= 11 is 3.13. The van der Waals surface area contributed by atoms with E-state index < -0.39 is 22.8 Å². The predicted octanol–water partition coefficient (Wildman–Crippen LogP) is 9.61. The summed E-state index contributed by atoms with van der Waals surface area (Å²) in [7, 11) is -1.59. The van der Waals surface area contributed by atoms with Crippen LogP contribution in [0.4, 0.5) is 30.2 Å². The van der Waals surface area contributed by atoms with Crippen molar-refractivity contribution in [3.8, 4) is 22.3 Å². The molecule has 4 N–H and O–H groups in total. The van der Waals surface area contributed by atoms with Gasteiger partial charge in [-0.3, -0.25) is 20.2 Å². The van der Waals surface area contributed by atoms with E-state index in [4.69, 9.17) is 15.8 Å². The lowest BCUT2D eigenvalue weighted by atomic mass is 9.80. The highest BCUT2D eigenvalue weighted by Crippen LogP contribution is 2.24. The zero-order valence-electron chi connectivity index (χ0n) is 25.9. The summed E-state index contributed by atoms with van der Waals surface area (Å²) < 4.78 is 38.9. The van der Waals surface area contributed by atoms with E-state index >= 15 is 0 Å². The number of hydrogen-bond acceptors (Lipinski definition) is 7. The number of nitro benzene ring substituents is 2. The molecule has 0 aliphatic heterocycles. The van der Waals surface area contributed by atoms with E-state index in [1.807, 2.05) is 30.3 Å². The minimum Gasteiger partial charge on any atom is -0.423 e. The lowest BCUT2D eigenvalue weighted by Gasteiger charge is -2.02. The van der Waals surface area contributed by atoms with Crippen LogP contribution in [0.2, 0.25) is 0 Å². The van der Waals surface area contributed by atoms with Gasteiger partial charge in [0.25, 0.3) is 11.4 Å². The molecule has 9 nitrogen and oxygen atoms in total. The fraction of sp³-hybridized carbons (Fsp3) is 0.0526. The van der Waals surface area contributed by atoms with Crippen molar-refractivity contribution in [1.29, 1.82) is 0 Å². The number of halogens is 4. The third kappa shape index (κ3) is 15.0. The first kappa shape index (κ1) is 44.2. The highest BCUT2D eigenvalue weighted by atomic mass is 79.9. The Morgan fingerprint density at radius 3 is 1.31 bits per heavy atom. The Balaban J connectivity index is 0.000000349. The normalized spacial score (nSPS) is 9.42. The van der Waals surface area contributed by atoms with Crippen LogP contribution in [0.25, 0.3) is 22.3 Å². The van der Waals surface area contributed by atoms with Crippen LogP contribution in [0.3, 0.4) is 0 Å². The maximum atomic E-state index is 13.0. The summed E-state index contributed by atoms with van der Waals surface area (Å²) in [4.78, 5) is 19.8. The molecule has 0 aliphatic rings. The second-order valence-corrected chi connectivity index (χ2v) is 11.0. The van der Waals surface area contributed by atoms with Crippen molar-refractivity contribution in [2.24, 2.45) is 0 Å². The van der Waals surface area contributed by atoms with Gasteiger partial charge in [-0.15, -0.1) is 0 Å². The van der Waals surface area contributed by atoms with E-state index in [2.05, 4.69) is 15.9 Å². The molecule has 270 valence electrons. The Morgan fingerprint density at radius 2 is 0.923 bits per heavy atom. The molecular weight excluding hydrogens is 742 g/mol. The summed E-state index contributed by atoms with van der Waals surface area (Å²) in [5.74, 6) is -1.06. The van der Waals surface area contributed by atoms with E-state index in [0.29, 0.717) is 16.8 Å². The van der Waals surface area contributed by atoms with E-state index in [9.17, 15) is 33.4 Å². The molecule has 6 aromatic rings. The lowest BCUT2D eigenvalue weighted by molar-refractivity contribution is -0.385. The third-order valence-corrected chi connectivity index (χ3v) is 6.92. The predicted molar refractivity (Wildman–Crippen MR) is 205 cm³/mol. The Morgan fingerprint density at radius 1 is 0.538 bits per heavy atom. The first-order chi connectivity index (χ1) is 23.8. The monoisotopic (exact) mass is 777 g/mol. The Hall–Kier alpha value is -5.83. The molecule has 6 rings (SSSR count). The fourth-order valence-corrected chi connectivity index (χ4v) is 4.50. The number of nitrogen functional groups attached to an aromatic ring is 1. The van der Waals surface area contributed by atoms with Crippen LogP contribution in [0, 0.1) is 37.7 Å². The second-order valence-electron chi connectivity index (χ2n) is 10.1. The standard InChI is InChI=1S/C12H8FNO2.C12H10FN.C6H6BFO2.C6H4BrNO2.2CH4/c13-11-5-1-3-9(7-11)10-4-2-6-12(8-10)14(15)16;13-11-5-1-3-9(7-11)10-4-2-6-12(14)8-10;8-6-3-1-2-5(4-6)7(9)10;7-5-2-1-3-6(4-5)8(9)10;;/h1-8H;1-8H,14H2;1-4,9-10H;1-4H;2*1H4. The molecule has 0 atom stereocenters. The smallest absolute Gasteiger partial charge is 0.423 e. The van der Waals surface area contributed by atoms with Crippen LogP contribution in [0.15, 0.2) is 150 Å². The van der Waals surface area contributed by atoms with Crippen molar-refractivity contribution < 1.29 is 33.1 Å². The van der Waals surface area contributed by atoms with E-state index in [1.165, 1.54) is 66.7 Å². The molecular formula is C38H36BBrF3N3O6. The zero-order valence-corrected chi connectivity index (χ0v) is 27.5. The van der Waals surface area contributed by atoms with Crippen molar-refractivity contribution in [3.63, 3.8) is 0 Å². The molecule has 0 saturated carbocycles. The van der Waals surface area contributed by atoms with Gasteiger partial charge < -0.3 is 15.8 Å². The van der Waals surface area contributed by atoms with Crippen molar-refractivity contribution in [1.82, 2.24) is 0 Å². The molecule has 0 fully saturated rings. The van der Waals surface area contributed by atoms with Gasteiger partial charge in [0.2, 0.25) is 0 Å². The lowest BCUT2D eigenvalue weighted by Crippen LogP contribution is -2.29. The molecule has 14 heteroatoms. The molecule has 0 heterocycles. The highest BCUT2D eigenvalue weighted by Gasteiger charge is 2.10. The molecule has 0 bridgehead atoms. The maximum Gasteiger partial charge on any atom is 0.488 e. The van der Waals surface area contributed by atoms with E-state index in [0.717, 1.165) is 21.7 Å². The van der Waals surface area contributed by atoms with Crippen molar-refractivity contribution >= 4 is 45.6 Å². The molecule has 0 aliphatic carbocycles. The fourth-order valence-electron chi connectivity index (χ4n) is 4.11.